The van der Waals surface area contributed by atoms with E-state index < -0.39 is 5.60 Å². The first kappa shape index (κ1) is 27.5. The molecule has 1 aliphatic rings. The average molecular weight is 565 g/mol. The van der Waals surface area contributed by atoms with Gasteiger partial charge in [-0.2, -0.15) is 0 Å². The number of aromatic nitrogens is 3. The molecular formula is C33H36N6O3. The average Bonchev–Trinajstić information content (AvgIpc) is 3.58. The smallest absolute Gasteiger partial charge is 0.407 e. The number of amides is 1. The van der Waals surface area contributed by atoms with Crippen molar-refractivity contribution in [1.29, 1.82) is 5.41 Å². The van der Waals surface area contributed by atoms with Crippen LogP contribution in [-0.2, 0) is 11.3 Å². The minimum atomic E-state index is -0.523. The van der Waals surface area contributed by atoms with Crippen LogP contribution < -0.4 is 11.1 Å². The number of nitrogens with zero attached hydrogens (tertiary/aromatic N) is 3. The number of rotatable bonds is 6. The Labute approximate surface area is 244 Å². The second kappa shape index (κ2) is 11.0. The summed E-state index contributed by atoms with van der Waals surface area (Å²) in [6.45, 7) is 6.17. The normalized spacial score (nSPS) is 17.4. The number of carbonyl (C=O) groups excluding carboxylic acids is 1. The van der Waals surface area contributed by atoms with Crippen LogP contribution in [0.25, 0.3) is 33.3 Å². The van der Waals surface area contributed by atoms with Crippen LogP contribution in [0.5, 0.6) is 0 Å². The maximum Gasteiger partial charge on any atom is 0.407 e. The second-order valence-corrected chi connectivity index (χ2v) is 12.1. The summed E-state index contributed by atoms with van der Waals surface area (Å²) in [5.74, 6) is 1.23. The van der Waals surface area contributed by atoms with E-state index in [2.05, 4.69) is 62.5 Å². The van der Waals surface area contributed by atoms with E-state index in [0.29, 0.717) is 23.9 Å². The maximum atomic E-state index is 12.2. The first-order valence-corrected chi connectivity index (χ1v) is 14.4. The molecule has 0 aliphatic heterocycles. The van der Waals surface area contributed by atoms with E-state index in [0.717, 1.165) is 47.8 Å². The summed E-state index contributed by atoms with van der Waals surface area (Å²) in [5.41, 5.74) is 8.91. The molecule has 0 radical (unpaired) electrons. The highest BCUT2D eigenvalue weighted by Crippen LogP contribution is 2.36. The van der Waals surface area contributed by atoms with Crippen LogP contribution in [0.15, 0.2) is 71.1 Å². The topological polar surface area (TPSA) is 132 Å². The molecule has 2 aromatic heterocycles. The van der Waals surface area contributed by atoms with E-state index in [1.165, 1.54) is 10.8 Å². The lowest BCUT2D eigenvalue weighted by atomic mass is 9.86. The molecule has 3 aromatic carbocycles. The van der Waals surface area contributed by atoms with Gasteiger partial charge in [0.15, 0.2) is 0 Å². The molecule has 216 valence electrons. The van der Waals surface area contributed by atoms with Crippen molar-refractivity contribution < 1.29 is 13.9 Å². The molecule has 1 saturated carbocycles. The number of nitrogens with one attached hydrogen (secondary N) is 2. The van der Waals surface area contributed by atoms with Crippen LogP contribution in [0.3, 0.4) is 0 Å². The summed E-state index contributed by atoms with van der Waals surface area (Å²) in [6.07, 6.45) is 2.93. The fourth-order valence-corrected chi connectivity index (χ4v) is 5.83. The van der Waals surface area contributed by atoms with Crippen molar-refractivity contribution in [2.75, 3.05) is 0 Å². The molecule has 0 spiro atoms. The van der Waals surface area contributed by atoms with Crippen molar-refractivity contribution in [2.24, 2.45) is 5.73 Å². The summed E-state index contributed by atoms with van der Waals surface area (Å²) in [5, 5.41) is 23.3. The number of nitrogens with two attached hydrogens (primary N) is 1. The number of amidine groups is 1. The van der Waals surface area contributed by atoms with Crippen LogP contribution in [-0.4, -0.2) is 38.3 Å². The summed E-state index contributed by atoms with van der Waals surface area (Å²) in [7, 11) is 0. The number of benzene rings is 3. The van der Waals surface area contributed by atoms with Crippen molar-refractivity contribution in [1.82, 2.24) is 20.1 Å². The molecule has 1 amide bonds. The van der Waals surface area contributed by atoms with Gasteiger partial charge in [0.2, 0.25) is 5.89 Å². The van der Waals surface area contributed by atoms with Gasteiger partial charge in [-0.25, -0.2) is 4.79 Å². The van der Waals surface area contributed by atoms with Crippen molar-refractivity contribution >= 4 is 33.6 Å². The molecule has 6 rings (SSSR count). The van der Waals surface area contributed by atoms with Crippen molar-refractivity contribution in [3.63, 3.8) is 0 Å². The highest BCUT2D eigenvalue weighted by molar-refractivity contribution is 5.99. The first-order chi connectivity index (χ1) is 20.1. The quantitative estimate of drug-likeness (QED) is 0.155. The fourth-order valence-electron chi connectivity index (χ4n) is 5.83. The van der Waals surface area contributed by atoms with Crippen molar-refractivity contribution in [3.05, 3.63) is 83.7 Å². The number of ether oxygens (including phenoxy) is 1. The summed E-state index contributed by atoms with van der Waals surface area (Å²) in [4.78, 5) is 12.2. The molecule has 0 unspecified atom stereocenters. The van der Waals surface area contributed by atoms with E-state index >= 15 is 0 Å². The zero-order valence-corrected chi connectivity index (χ0v) is 24.2. The van der Waals surface area contributed by atoms with Gasteiger partial charge in [0, 0.05) is 35.0 Å². The third kappa shape index (κ3) is 5.72. The van der Waals surface area contributed by atoms with E-state index in [1.807, 2.05) is 45.0 Å². The monoisotopic (exact) mass is 564 g/mol. The zero-order chi connectivity index (χ0) is 29.4. The standard InChI is InChI=1S/C33H36N6O3/c1-33(2,3)42-32(40)36-25-15-13-21(14-16-25)30-37-38-31(41-30)28-17-22-11-12-23(29(34)35)18-27(22)39(28)19-24-9-6-8-20-7-4-5-10-26(20)24/h4-12,17-18,21,25H,13-16,19H2,1-3H3,(H3,34,35)(H,36,40). The molecule has 1 aliphatic carbocycles. The molecule has 1 fully saturated rings. The summed E-state index contributed by atoms with van der Waals surface area (Å²) >= 11 is 0. The van der Waals surface area contributed by atoms with Gasteiger partial charge in [-0.15, -0.1) is 10.2 Å². The van der Waals surface area contributed by atoms with Gasteiger partial charge in [-0.3, -0.25) is 5.41 Å². The van der Waals surface area contributed by atoms with Crippen LogP contribution in [0, 0.1) is 5.41 Å². The van der Waals surface area contributed by atoms with Crippen molar-refractivity contribution in [2.45, 2.75) is 70.6 Å². The Kier molecular flexibility index (Phi) is 7.18. The summed E-state index contributed by atoms with van der Waals surface area (Å²) < 4.78 is 13.9. The number of nitrogen functional groups attached to an aromatic ring is 1. The van der Waals surface area contributed by atoms with Gasteiger partial charge in [-0.05, 0) is 74.9 Å². The molecule has 9 heteroatoms. The maximum absolute atomic E-state index is 12.2. The Hall–Kier alpha value is -4.66. The number of carbonyl (C=O) groups is 1. The molecule has 5 aromatic rings. The Morgan fingerprint density at radius 3 is 2.55 bits per heavy atom. The van der Waals surface area contributed by atoms with E-state index in [9.17, 15) is 4.79 Å². The van der Waals surface area contributed by atoms with E-state index in [-0.39, 0.29) is 23.9 Å². The predicted molar refractivity (Wildman–Crippen MR) is 164 cm³/mol. The third-order valence-electron chi connectivity index (χ3n) is 7.88. The zero-order valence-electron chi connectivity index (χ0n) is 24.2. The van der Waals surface area contributed by atoms with Crippen molar-refractivity contribution in [3.8, 4) is 11.6 Å². The lowest BCUT2D eigenvalue weighted by Gasteiger charge is -2.28. The Morgan fingerprint density at radius 2 is 1.79 bits per heavy atom. The lowest BCUT2D eigenvalue weighted by Crippen LogP contribution is -2.40. The number of fused-ring (bicyclic) bond motifs is 2. The number of hydrogen-bond acceptors (Lipinski definition) is 6. The molecule has 9 nitrogen and oxygen atoms in total. The SMILES string of the molecule is CC(C)(C)OC(=O)NC1CCC(c2nnc(-c3cc4ccc(C(=N)N)cc4n3Cc3cccc4ccccc34)o2)CC1. The van der Waals surface area contributed by atoms with Gasteiger partial charge in [-0.1, -0.05) is 54.6 Å². The number of hydrogen-bond donors (Lipinski definition) is 3. The Balaban J connectivity index is 1.28. The minimum Gasteiger partial charge on any atom is -0.444 e. The predicted octanol–water partition coefficient (Wildman–Crippen LogP) is 6.73. The fraction of sp³-hybridized carbons (Fsp3) is 0.333. The molecule has 0 saturated heterocycles. The highest BCUT2D eigenvalue weighted by Gasteiger charge is 2.29. The Bertz CT molecular complexity index is 1770. The van der Waals surface area contributed by atoms with Crippen LogP contribution in [0.2, 0.25) is 0 Å². The minimum absolute atomic E-state index is 0.0215. The number of alkyl carbamates (subject to hydrolysis) is 1. The largest absolute Gasteiger partial charge is 0.444 e. The van der Waals surface area contributed by atoms with Gasteiger partial charge >= 0.3 is 6.09 Å². The van der Waals surface area contributed by atoms with Gasteiger partial charge in [0.05, 0.1) is 0 Å². The third-order valence-corrected chi connectivity index (χ3v) is 7.88. The molecule has 0 atom stereocenters. The lowest BCUT2D eigenvalue weighted by molar-refractivity contribution is 0.0490. The summed E-state index contributed by atoms with van der Waals surface area (Å²) in [6, 6.07) is 22.6. The Morgan fingerprint density at radius 1 is 1.02 bits per heavy atom. The molecule has 0 bridgehead atoms. The van der Waals surface area contributed by atoms with Crippen LogP contribution >= 0.6 is 0 Å². The van der Waals surface area contributed by atoms with E-state index in [4.69, 9.17) is 20.3 Å². The molecular weight excluding hydrogens is 528 g/mol. The van der Waals surface area contributed by atoms with Gasteiger partial charge in [0.25, 0.3) is 5.89 Å². The molecule has 42 heavy (non-hydrogen) atoms. The molecule has 4 N–H and O–H groups in total. The second-order valence-electron chi connectivity index (χ2n) is 12.1. The van der Waals surface area contributed by atoms with Gasteiger partial charge in [0.1, 0.15) is 17.1 Å². The van der Waals surface area contributed by atoms with Gasteiger partial charge < -0.3 is 24.8 Å². The molecule has 2 heterocycles. The van der Waals surface area contributed by atoms with Crippen LogP contribution in [0.1, 0.15) is 69.4 Å². The highest BCUT2D eigenvalue weighted by atomic mass is 16.6. The first-order valence-electron chi connectivity index (χ1n) is 14.4. The van der Waals surface area contributed by atoms with E-state index in [1.54, 1.807) is 0 Å². The van der Waals surface area contributed by atoms with Crippen LogP contribution in [0.4, 0.5) is 4.79 Å².